The maximum atomic E-state index is 13.1. The zero-order valence-electron chi connectivity index (χ0n) is 16.4. The Hall–Kier alpha value is -2.58. The van der Waals surface area contributed by atoms with Crippen LogP contribution in [-0.2, 0) is 27.8 Å². The summed E-state index contributed by atoms with van der Waals surface area (Å²) < 4.78 is 36.5. The van der Waals surface area contributed by atoms with Crippen LogP contribution in [0.1, 0.15) is 16.7 Å². The normalized spacial score (nSPS) is 16.9. The molecule has 3 rings (SSSR count). The van der Waals surface area contributed by atoms with Crippen molar-refractivity contribution in [3.8, 4) is 11.5 Å². The van der Waals surface area contributed by atoms with Crippen molar-refractivity contribution in [2.75, 3.05) is 25.8 Å². The number of hydrogen-bond donors (Lipinski definition) is 1. The van der Waals surface area contributed by atoms with E-state index in [0.29, 0.717) is 23.6 Å². The van der Waals surface area contributed by atoms with Crippen LogP contribution in [0.4, 0.5) is 5.69 Å². The van der Waals surface area contributed by atoms with Crippen LogP contribution in [0.15, 0.2) is 36.4 Å². The smallest absolute Gasteiger partial charge is 0.243 e. The van der Waals surface area contributed by atoms with Gasteiger partial charge in [0.2, 0.25) is 15.9 Å². The van der Waals surface area contributed by atoms with Gasteiger partial charge < -0.3 is 14.8 Å². The highest BCUT2D eigenvalue weighted by atomic mass is 32.2. The van der Waals surface area contributed by atoms with Crippen molar-refractivity contribution in [1.29, 1.82) is 0 Å². The van der Waals surface area contributed by atoms with Crippen LogP contribution in [-0.4, -0.2) is 45.1 Å². The van der Waals surface area contributed by atoms with E-state index in [1.54, 1.807) is 19.2 Å². The van der Waals surface area contributed by atoms with E-state index >= 15 is 0 Å². The van der Waals surface area contributed by atoms with Crippen LogP contribution >= 0.6 is 0 Å². The Balaban J connectivity index is 1.92. The van der Waals surface area contributed by atoms with Gasteiger partial charge in [-0.25, -0.2) is 8.42 Å². The predicted octanol–water partition coefficient (Wildman–Crippen LogP) is 2.34. The number of hydrogen-bond acceptors (Lipinski definition) is 5. The molecule has 0 radical (unpaired) electrons. The lowest BCUT2D eigenvalue weighted by atomic mass is 9.95. The van der Waals surface area contributed by atoms with Crippen molar-refractivity contribution in [3.05, 3.63) is 53.1 Å². The summed E-state index contributed by atoms with van der Waals surface area (Å²) in [4.78, 5) is 13.1. The van der Waals surface area contributed by atoms with Crippen LogP contribution in [0.2, 0.25) is 0 Å². The summed E-state index contributed by atoms with van der Waals surface area (Å²) in [6.45, 7) is 2.01. The lowest BCUT2D eigenvalue weighted by molar-refractivity contribution is -0.120. The van der Waals surface area contributed by atoms with Crippen molar-refractivity contribution in [3.63, 3.8) is 0 Å². The van der Waals surface area contributed by atoms with Gasteiger partial charge in [0.1, 0.15) is 6.04 Å². The Bertz CT molecular complexity index is 1000. The van der Waals surface area contributed by atoms with Gasteiger partial charge in [-0.3, -0.25) is 4.79 Å². The average Bonchev–Trinajstić information content (AvgIpc) is 2.67. The van der Waals surface area contributed by atoms with Crippen molar-refractivity contribution in [2.24, 2.45) is 0 Å². The van der Waals surface area contributed by atoms with E-state index in [4.69, 9.17) is 9.47 Å². The first-order valence-corrected chi connectivity index (χ1v) is 10.7. The number of amides is 1. The van der Waals surface area contributed by atoms with Gasteiger partial charge in [-0.1, -0.05) is 24.3 Å². The van der Waals surface area contributed by atoms with Crippen LogP contribution in [0.25, 0.3) is 0 Å². The maximum Gasteiger partial charge on any atom is 0.243 e. The highest BCUT2D eigenvalue weighted by Crippen LogP contribution is 2.33. The molecule has 1 N–H and O–H groups in total. The molecule has 1 amide bonds. The molecule has 0 fully saturated rings. The molecule has 0 aliphatic carbocycles. The number of nitrogens with one attached hydrogen (secondary N) is 1. The zero-order chi connectivity index (χ0) is 20.5. The first-order chi connectivity index (χ1) is 13.2. The highest BCUT2D eigenvalue weighted by molar-refractivity contribution is 7.88. The molecule has 7 nitrogen and oxygen atoms in total. The summed E-state index contributed by atoms with van der Waals surface area (Å²) in [6.07, 6.45) is 1.45. The molecule has 0 saturated heterocycles. The van der Waals surface area contributed by atoms with Gasteiger partial charge in [-0.15, -0.1) is 0 Å². The number of rotatable bonds is 5. The van der Waals surface area contributed by atoms with Gasteiger partial charge in [-0.05, 0) is 36.1 Å². The number of aryl methyl sites for hydroxylation is 1. The summed E-state index contributed by atoms with van der Waals surface area (Å²) >= 11 is 0. The Morgan fingerprint density at radius 2 is 1.71 bits per heavy atom. The third kappa shape index (κ3) is 3.98. The minimum atomic E-state index is -3.56. The number of ether oxygens (including phenoxy) is 2. The predicted molar refractivity (Wildman–Crippen MR) is 107 cm³/mol. The Morgan fingerprint density at radius 1 is 1.11 bits per heavy atom. The molecule has 0 aromatic heterocycles. The Kier molecular flexibility index (Phi) is 5.62. The number of fused-ring (bicyclic) bond motifs is 1. The van der Waals surface area contributed by atoms with Crippen LogP contribution in [0, 0.1) is 6.92 Å². The number of sulfonamides is 1. The first kappa shape index (κ1) is 20.2. The SMILES string of the molecule is COc1cc(C)c(NC(=O)[C@H]2Cc3ccccc3CN2S(C)(=O)=O)cc1OC. The molecule has 1 heterocycles. The van der Waals surface area contributed by atoms with E-state index in [-0.39, 0.29) is 12.5 Å². The highest BCUT2D eigenvalue weighted by Gasteiger charge is 2.37. The summed E-state index contributed by atoms with van der Waals surface area (Å²) in [5, 5.41) is 2.86. The summed E-state index contributed by atoms with van der Waals surface area (Å²) in [7, 11) is -0.504. The molecule has 28 heavy (non-hydrogen) atoms. The van der Waals surface area contributed by atoms with Crippen LogP contribution in [0.3, 0.4) is 0 Å². The number of benzene rings is 2. The minimum absolute atomic E-state index is 0.179. The molecule has 1 aliphatic rings. The van der Waals surface area contributed by atoms with Gasteiger partial charge in [-0.2, -0.15) is 4.31 Å². The topological polar surface area (TPSA) is 84.9 Å². The average molecular weight is 404 g/mol. The molecule has 2 aromatic carbocycles. The number of nitrogens with zero attached hydrogens (tertiary/aromatic N) is 1. The fourth-order valence-corrected chi connectivity index (χ4v) is 4.41. The van der Waals surface area contributed by atoms with E-state index < -0.39 is 16.1 Å². The fourth-order valence-electron chi connectivity index (χ4n) is 3.40. The minimum Gasteiger partial charge on any atom is -0.493 e. The molecule has 8 heteroatoms. The summed E-state index contributed by atoms with van der Waals surface area (Å²) in [5.41, 5.74) is 3.23. The largest absolute Gasteiger partial charge is 0.493 e. The molecule has 2 aromatic rings. The second-order valence-corrected chi connectivity index (χ2v) is 8.74. The summed E-state index contributed by atoms with van der Waals surface area (Å²) in [5.74, 6) is 0.662. The van der Waals surface area contributed by atoms with Gasteiger partial charge >= 0.3 is 0 Å². The number of carbonyl (C=O) groups excluding carboxylic acids is 1. The number of methoxy groups -OCH3 is 2. The molecule has 150 valence electrons. The maximum absolute atomic E-state index is 13.1. The van der Waals surface area contributed by atoms with Crippen molar-refractivity contribution in [2.45, 2.75) is 25.9 Å². The Labute approximate surface area is 165 Å². The number of carbonyl (C=O) groups is 1. The lowest BCUT2D eigenvalue weighted by Crippen LogP contribution is -2.50. The molecule has 1 atom stereocenters. The zero-order valence-corrected chi connectivity index (χ0v) is 17.2. The second kappa shape index (κ2) is 7.81. The quantitative estimate of drug-likeness (QED) is 0.827. The molecule has 0 spiro atoms. The second-order valence-electron chi connectivity index (χ2n) is 6.81. The van der Waals surface area contributed by atoms with E-state index in [1.165, 1.54) is 11.4 Å². The standard InChI is InChI=1S/C20H24N2O5S/c1-13-9-18(26-2)19(27-3)11-16(13)21-20(23)17-10-14-7-5-6-8-15(14)12-22(17)28(4,24)25/h5-9,11,17H,10,12H2,1-4H3,(H,21,23)/t17-/m1/s1. The van der Waals surface area contributed by atoms with Crippen LogP contribution < -0.4 is 14.8 Å². The van der Waals surface area contributed by atoms with Gasteiger partial charge in [0.15, 0.2) is 11.5 Å². The van der Waals surface area contributed by atoms with Crippen molar-refractivity contribution < 1.29 is 22.7 Å². The molecular weight excluding hydrogens is 380 g/mol. The molecule has 1 aliphatic heterocycles. The third-order valence-electron chi connectivity index (χ3n) is 4.92. The van der Waals surface area contributed by atoms with Gasteiger partial charge in [0, 0.05) is 18.3 Å². The molecule has 0 saturated carbocycles. The fraction of sp³-hybridized carbons (Fsp3) is 0.350. The van der Waals surface area contributed by atoms with Crippen molar-refractivity contribution in [1.82, 2.24) is 4.31 Å². The van der Waals surface area contributed by atoms with E-state index in [1.807, 2.05) is 31.2 Å². The van der Waals surface area contributed by atoms with E-state index in [9.17, 15) is 13.2 Å². The van der Waals surface area contributed by atoms with E-state index in [0.717, 1.165) is 22.9 Å². The molecular formula is C20H24N2O5S. The molecule has 0 unspecified atom stereocenters. The van der Waals surface area contributed by atoms with Gasteiger partial charge in [0.05, 0.1) is 20.5 Å². The van der Waals surface area contributed by atoms with Gasteiger partial charge in [0.25, 0.3) is 0 Å². The third-order valence-corrected chi connectivity index (χ3v) is 6.16. The lowest BCUT2D eigenvalue weighted by Gasteiger charge is -2.34. The van der Waals surface area contributed by atoms with Crippen molar-refractivity contribution >= 4 is 21.6 Å². The monoisotopic (exact) mass is 404 g/mol. The molecule has 0 bridgehead atoms. The summed E-state index contributed by atoms with van der Waals surface area (Å²) in [6, 6.07) is 10.2. The first-order valence-electron chi connectivity index (χ1n) is 8.81. The number of anilines is 1. The van der Waals surface area contributed by atoms with Crippen LogP contribution in [0.5, 0.6) is 11.5 Å². The van der Waals surface area contributed by atoms with E-state index in [2.05, 4.69) is 5.32 Å². The Morgan fingerprint density at radius 3 is 2.32 bits per heavy atom.